The lowest BCUT2D eigenvalue weighted by molar-refractivity contribution is 0.0882. The van der Waals surface area contributed by atoms with E-state index in [1.807, 2.05) is 38.1 Å². The second-order valence-electron chi connectivity index (χ2n) is 6.14. The van der Waals surface area contributed by atoms with E-state index < -0.39 is 0 Å². The molecule has 0 saturated carbocycles. The number of nitrogens with one attached hydrogen (secondary N) is 1. The molecule has 2 atom stereocenters. The van der Waals surface area contributed by atoms with E-state index in [9.17, 15) is 4.79 Å². The molecule has 130 valence electrons. The third-order valence-corrected chi connectivity index (χ3v) is 4.23. The molecular weight excluding hydrogens is 318 g/mol. The molecular formula is C19H21N3O3. The second-order valence-corrected chi connectivity index (χ2v) is 6.14. The Morgan fingerprint density at radius 3 is 2.80 bits per heavy atom. The van der Waals surface area contributed by atoms with Gasteiger partial charge in [-0.2, -0.15) is 4.98 Å². The van der Waals surface area contributed by atoms with Gasteiger partial charge in [-0.15, -0.1) is 0 Å². The van der Waals surface area contributed by atoms with Gasteiger partial charge in [0.2, 0.25) is 11.7 Å². The van der Waals surface area contributed by atoms with Gasteiger partial charge in [0.05, 0.1) is 6.26 Å². The van der Waals surface area contributed by atoms with E-state index in [-0.39, 0.29) is 23.6 Å². The molecule has 6 nitrogen and oxygen atoms in total. The van der Waals surface area contributed by atoms with Crippen LogP contribution in [0.15, 0.2) is 51.6 Å². The number of carbonyl (C=O) groups excluding carboxylic acids is 1. The monoisotopic (exact) mass is 339 g/mol. The van der Waals surface area contributed by atoms with Gasteiger partial charge >= 0.3 is 0 Å². The maximum atomic E-state index is 12.3. The molecule has 0 bridgehead atoms. The van der Waals surface area contributed by atoms with Gasteiger partial charge in [0.15, 0.2) is 5.76 Å². The molecule has 1 amide bonds. The van der Waals surface area contributed by atoms with Crippen LogP contribution >= 0.6 is 0 Å². The van der Waals surface area contributed by atoms with Crippen LogP contribution < -0.4 is 5.32 Å². The minimum Gasteiger partial charge on any atom is -0.459 e. The van der Waals surface area contributed by atoms with Crippen LogP contribution in [0.3, 0.4) is 0 Å². The molecule has 2 aromatic heterocycles. The topological polar surface area (TPSA) is 81.2 Å². The Morgan fingerprint density at radius 1 is 1.28 bits per heavy atom. The molecule has 0 aliphatic carbocycles. The van der Waals surface area contributed by atoms with E-state index in [4.69, 9.17) is 8.94 Å². The average molecular weight is 339 g/mol. The highest BCUT2D eigenvalue weighted by molar-refractivity contribution is 5.91. The van der Waals surface area contributed by atoms with Crippen LogP contribution in [0.5, 0.6) is 0 Å². The maximum absolute atomic E-state index is 12.3. The van der Waals surface area contributed by atoms with E-state index in [0.29, 0.717) is 11.7 Å². The highest BCUT2D eigenvalue weighted by Gasteiger charge is 2.27. The number of hydrogen-bond donors (Lipinski definition) is 1. The molecule has 1 N–H and O–H groups in total. The van der Waals surface area contributed by atoms with Crippen molar-refractivity contribution in [3.63, 3.8) is 0 Å². The first-order valence-electron chi connectivity index (χ1n) is 8.33. The zero-order valence-corrected chi connectivity index (χ0v) is 14.5. The van der Waals surface area contributed by atoms with Gasteiger partial charge in [-0.3, -0.25) is 4.79 Å². The smallest absolute Gasteiger partial charge is 0.287 e. The number of nitrogens with zero attached hydrogens (tertiary/aromatic N) is 2. The molecule has 0 aliphatic heterocycles. The van der Waals surface area contributed by atoms with Crippen molar-refractivity contribution in [1.82, 2.24) is 15.5 Å². The van der Waals surface area contributed by atoms with Gasteiger partial charge in [-0.05, 0) is 31.0 Å². The van der Waals surface area contributed by atoms with Crippen molar-refractivity contribution >= 4 is 5.91 Å². The van der Waals surface area contributed by atoms with Crippen LogP contribution in [0.4, 0.5) is 0 Å². The van der Waals surface area contributed by atoms with Gasteiger partial charge in [0, 0.05) is 5.56 Å². The number of benzene rings is 1. The number of aromatic nitrogens is 2. The van der Waals surface area contributed by atoms with Crippen LogP contribution in [0.1, 0.15) is 48.3 Å². The van der Waals surface area contributed by atoms with Crippen LogP contribution in [0, 0.1) is 12.8 Å². The molecule has 6 heteroatoms. The highest BCUT2D eigenvalue weighted by Crippen LogP contribution is 2.26. The molecule has 0 fully saturated rings. The lowest BCUT2D eigenvalue weighted by Gasteiger charge is -2.20. The molecule has 2 unspecified atom stereocenters. The summed E-state index contributed by atoms with van der Waals surface area (Å²) < 4.78 is 10.6. The van der Waals surface area contributed by atoms with Gasteiger partial charge < -0.3 is 14.3 Å². The van der Waals surface area contributed by atoms with Crippen LogP contribution in [0.25, 0.3) is 11.4 Å². The van der Waals surface area contributed by atoms with E-state index in [2.05, 4.69) is 22.4 Å². The number of hydrogen-bond acceptors (Lipinski definition) is 5. The molecule has 0 aliphatic rings. The van der Waals surface area contributed by atoms with Gasteiger partial charge in [-0.25, -0.2) is 0 Å². The SMILES string of the molecule is CCC(C)C(NC(=O)c1ccco1)c1nc(-c2cccc(C)c2)no1. The van der Waals surface area contributed by atoms with E-state index in [0.717, 1.165) is 17.5 Å². The van der Waals surface area contributed by atoms with Crippen molar-refractivity contribution in [2.45, 2.75) is 33.2 Å². The van der Waals surface area contributed by atoms with Crippen molar-refractivity contribution in [3.05, 3.63) is 59.9 Å². The number of furan rings is 1. The third kappa shape index (κ3) is 3.79. The van der Waals surface area contributed by atoms with Crippen molar-refractivity contribution in [3.8, 4) is 11.4 Å². The lowest BCUT2D eigenvalue weighted by atomic mass is 9.99. The van der Waals surface area contributed by atoms with Crippen molar-refractivity contribution < 1.29 is 13.7 Å². The summed E-state index contributed by atoms with van der Waals surface area (Å²) in [5.41, 5.74) is 2.00. The Kier molecular flexibility index (Phi) is 4.97. The average Bonchev–Trinajstić information content (AvgIpc) is 3.30. The molecule has 0 radical (unpaired) electrons. The summed E-state index contributed by atoms with van der Waals surface area (Å²) in [6.07, 6.45) is 2.32. The fourth-order valence-electron chi connectivity index (χ4n) is 2.57. The number of carbonyl (C=O) groups is 1. The molecule has 3 aromatic rings. The third-order valence-electron chi connectivity index (χ3n) is 4.23. The summed E-state index contributed by atoms with van der Waals surface area (Å²) in [4.78, 5) is 16.8. The summed E-state index contributed by atoms with van der Waals surface area (Å²) in [6.45, 7) is 6.09. The molecule has 3 rings (SSSR count). The van der Waals surface area contributed by atoms with Crippen LogP contribution in [-0.4, -0.2) is 16.0 Å². The first-order valence-corrected chi connectivity index (χ1v) is 8.33. The van der Waals surface area contributed by atoms with E-state index in [1.165, 1.54) is 6.26 Å². The minimum atomic E-state index is -0.381. The first-order chi connectivity index (χ1) is 12.1. The summed E-state index contributed by atoms with van der Waals surface area (Å²) in [6, 6.07) is 10.8. The predicted molar refractivity (Wildman–Crippen MR) is 92.8 cm³/mol. The van der Waals surface area contributed by atoms with E-state index in [1.54, 1.807) is 12.1 Å². The summed E-state index contributed by atoms with van der Waals surface area (Å²) in [7, 11) is 0. The normalized spacial score (nSPS) is 13.4. The van der Waals surface area contributed by atoms with E-state index >= 15 is 0 Å². The molecule has 0 saturated heterocycles. The minimum absolute atomic E-state index is 0.129. The Morgan fingerprint density at radius 2 is 2.12 bits per heavy atom. The van der Waals surface area contributed by atoms with Gasteiger partial charge in [-0.1, -0.05) is 49.2 Å². The van der Waals surface area contributed by atoms with Crippen LogP contribution in [0.2, 0.25) is 0 Å². The molecule has 1 aromatic carbocycles. The lowest BCUT2D eigenvalue weighted by Crippen LogP contribution is -2.32. The molecule has 2 heterocycles. The van der Waals surface area contributed by atoms with Crippen molar-refractivity contribution in [2.75, 3.05) is 0 Å². The second kappa shape index (κ2) is 7.34. The summed E-state index contributed by atoms with van der Waals surface area (Å²) in [5, 5.41) is 7.01. The maximum Gasteiger partial charge on any atom is 0.287 e. The molecule has 0 spiro atoms. The Labute approximate surface area is 146 Å². The standard InChI is InChI=1S/C19H21N3O3/c1-4-13(3)16(20-18(23)15-9-6-10-24-15)19-21-17(22-25-19)14-8-5-7-12(2)11-14/h5-11,13,16H,4H2,1-3H3,(H,20,23). The van der Waals surface area contributed by atoms with Crippen molar-refractivity contribution in [1.29, 1.82) is 0 Å². The van der Waals surface area contributed by atoms with Crippen molar-refractivity contribution in [2.24, 2.45) is 5.92 Å². The number of amides is 1. The number of aryl methyl sites for hydroxylation is 1. The summed E-state index contributed by atoms with van der Waals surface area (Å²) >= 11 is 0. The summed E-state index contributed by atoms with van der Waals surface area (Å²) in [5.74, 6) is 0.993. The van der Waals surface area contributed by atoms with Gasteiger partial charge in [0.25, 0.3) is 5.91 Å². The quantitative estimate of drug-likeness (QED) is 0.729. The number of rotatable bonds is 6. The Hall–Kier alpha value is -2.89. The Balaban J connectivity index is 1.85. The zero-order valence-electron chi connectivity index (χ0n) is 14.5. The highest BCUT2D eigenvalue weighted by atomic mass is 16.5. The fraction of sp³-hybridized carbons (Fsp3) is 0.316. The van der Waals surface area contributed by atoms with Crippen LogP contribution in [-0.2, 0) is 0 Å². The molecule has 25 heavy (non-hydrogen) atoms. The zero-order chi connectivity index (χ0) is 17.8. The fourth-order valence-corrected chi connectivity index (χ4v) is 2.57. The first kappa shape index (κ1) is 17.0. The predicted octanol–water partition coefficient (Wildman–Crippen LogP) is 4.16. The largest absolute Gasteiger partial charge is 0.459 e. The van der Waals surface area contributed by atoms with Gasteiger partial charge in [0.1, 0.15) is 6.04 Å². The Bertz CT molecular complexity index is 839.